The Bertz CT molecular complexity index is 353. The van der Waals surface area contributed by atoms with Crippen molar-refractivity contribution in [3.05, 3.63) is 29.3 Å². The van der Waals surface area contributed by atoms with Gasteiger partial charge in [0, 0.05) is 5.56 Å². The van der Waals surface area contributed by atoms with Crippen molar-refractivity contribution < 1.29 is 13.5 Å². The largest absolute Gasteiger partial charge is 0.494 e. The van der Waals surface area contributed by atoms with Gasteiger partial charge in [0.15, 0.2) is 11.6 Å². The van der Waals surface area contributed by atoms with Crippen LogP contribution in [0.3, 0.4) is 0 Å². The lowest BCUT2D eigenvalue weighted by Gasteiger charge is -2.11. The van der Waals surface area contributed by atoms with E-state index < -0.39 is 11.6 Å². The van der Waals surface area contributed by atoms with Crippen LogP contribution in [0.25, 0.3) is 0 Å². The molecule has 0 spiro atoms. The van der Waals surface area contributed by atoms with Gasteiger partial charge in [-0.2, -0.15) is 0 Å². The fraction of sp³-hybridized carbons (Fsp3) is 0.500. The zero-order valence-corrected chi connectivity index (χ0v) is 9.89. The molecule has 0 heterocycles. The van der Waals surface area contributed by atoms with Crippen LogP contribution in [-0.2, 0) is 6.42 Å². The Balaban J connectivity index is 2.77. The van der Waals surface area contributed by atoms with Gasteiger partial charge in [0.05, 0.1) is 7.11 Å². The van der Waals surface area contributed by atoms with Crippen LogP contribution in [0.2, 0.25) is 0 Å². The van der Waals surface area contributed by atoms with Crippen molar-refractivity contribution in [2.24, 2.45) is 0 Å². The highest BCUT2D eigenvalue weighted by Gasteiger charge is 2.13. The molecule has 0 atom stereocenters. The predicted molar refractivity (Wildman–Crippen MR) is 59.8 cm³/mol. The van der Waals surface area contributed by atoms with E-state index in [0.717, 1.165) is 6.54 Å². The lowest BCUT2D eigenvalue weighted by Crippen LogP contribution is -2.14. The SMILES string of the molecule is COc1ccc(F)c(CCCN(C)C)c1F. The molecule has 0 aliphatic heterocycles. The molecule has 0 aliphatic carbocycles. The second-order valence-corrected chi connectivity index (χ2v) is 3.95. The van der Waals surface area contributed by atoms with Crippen molar-refractivity contribution in [1.82, 2.24) is 4.90 Å². The first-order valence-electron chi connectivity index (χ1n) is 5.22. The summed E-state index contributed by atoms with van der Waals surface area (Å²) in [6.45, 7) is 0.802. The second kappa shape index (κ2) is 5.80. The lowest BCUT2D eigenvalue weighted by atomic mass is 10.1. The summed E-state index contributed by atoms with van der Waals surface area (Å²) in [4.78, 5) is 1.98. The Kier molecular flexibility index (Phi) is 4.68. The summed E-state index contributed by atoms with van der Waals surface area (Å²) in [7, 11) is 5.23. The van der Waals surface area contributed by atoms with Gasteiger partial charge in [-0.15, -0.1) is 0 Å². The van der Waals surface area contributed by atoms with E-state index in [9.17, 15) is 8.78 Å². The Hall–Kier alpha value is -1.16. The van der Waals surface area contributed by atoms with Gasteiger partial charge in [0.1, 0.15) is 5.82 Å². The van der Waals surface area contributed by atoms with Crippen molar-refractivity contribution in [2.45, 2.75) is 12.8 Å². The van der Waals surface area contributed by atoms with Crippen LogP contribution < -0.4 is 4.74 Å². The van der Waals surface area contributed by atoms with Crippen molar-refractivity contribution in [1.29, 1.82) is 0 Å². The molecule has 4 heteroatoms. The summed E-state index contributed by atoms with van der Waals surface area (Å²) < 4.78 is 31.9. The number of nitrogens with zero attached hydrogens (tertiary/aromatic N) is 1. The molecule has 0 bridgehead atoms. The van der Waals surface area contributed by atoms with E-state index >= 15 is 0 Å². The van der Waals surface area contributed by atoms with Crippen molar-refractivity contribution in [3.63, 3.8) is 0 Å². The summed E-state index contributed by atoms with van der Waals surface area (Å²) in [5, 5.41) is 0. The Morgan fingerprint density at radius 1 is 1.25 bits per heavy atom. The second-order valence-electron chi connectivity index (χ2n) is 3.95. The van der Waals surface area contributed by atoms with E-state index in [0.29, 0.717) is 12.8 Å². The fourth-order valence-electron chi connectivity index (χ4n) is 1.54. The Morgan fingerprint density at radius 3 is 2.50 bits per heavy atom. The van der Waals surface area contributed by atoms with Gasteiger partial charge in [-0.1, -0.05) is 0 Å². The molecule has 1 rings (SSSR count). The van der Waals surface area contributed by atoms with Crippen molar-refractivity contribution >= 4 is 0 Å². The van der Waals surface area contributed by atoms with E-state index in [4.69, 9.17) is 4.74 Å². The van der Waals surface area contributed by atoms with E-state index in [1.54, 1.807) is 0 Å². The van der Waals surface area contributed by atoms with E-state index in [1.807, 2.05) is 19.0 Å². The molecule has 0 fully saturated rings. The maximum absolute atomic E-state index is 13.7. The van der Waals surface area contributed by atoms with Crippen LogP contribution in [0.4, 0.5) is 8.78 Å². The standard InChI is InChI=1S/C12H17F2NO/c1-15(2)8-4-5-9-10(13)6-7-11(16-3)12(9)14/h6-7H,4-5,8H2,1-3H3. The summed E-state index contributed by atoms with van der Waals surface area (Å²) >= 11 is 0. The number of rotatable bonds is 5. The fourth-order valence-corrected chi connectivity index (χ4v) is 1.54. The number of hydrogen-bond acceptors (Lipinski definition) is 2. The maximum Gasteiger partial charge on any atom is 0.171 e. The minimum absolute atomic E-state index is 0.0984. The molecule has 0 saturated carbocycles. The van der Waals surface area contributed by atoms with Crippen LogP contribution in [0.1, 0.15) is 12.0 Å². The van der Waals surface area contributed by atoms with Crippen LogP contribution in [0, 0.1) is 11.6 Å². The maximum atomic E-state index is 13.7. The predicted octanol–water partition coefficient (Wildman–Crippen LogP) is 2.47. The highest BCUT2D eigenvalue weighted by molar-refractivity contribution is 5.32. The molecule has 90 valence electrons. The van der Waals surface area contributed by atoms with E-state index in [-0.39, 0.29) is 11.3 Å². The third-order valence-electron chi connectivity index (χ3n) is 2.40. The van der Waals surface area contributed by atoms with Crippen molar-refractivity contribution in [3.8, 4) is 5.75 Å². The monoisotopic (exact) mass is 229 g/mol. The van der Waals surface area contributed by atoms with Gasteiger partial charge in [0.2, 0.25) is 0 Å². The zero-order valence-electron chi connectivity index (χ0n) is 9.89. The first-order valence-corrected chi connectivity index (χ1v) is 5.22. The average molecular weight is 229 g/mol. The van der Waals surface area contributed by atoms with Crippen molar-refractivity contribution in [2.75, 3.05) is 27.7 Å². The Morgan fingerprint density at radius 2 is 1.94 bits per heavy atom. The Labute approximate surface area is 94.8 Å². The van der Waals surface area contributed by atoms with Gasteiger partial charge < -0.3 is 9.64 Å². The smallest absolute Gasteiger partial charge is 0.171 e. The minimum atomic E-state index is -0.582. The lowest BCUT2D eigenvalue weighted by molar-refractivity contribution is 0.375. The molecule has 0 unspecified atom stereocenters. The van der Waals surface area contributed by atoms with Gasteiger partial charge in [-0.25, -0.2) is 8.78 Å². The average Bonchev–Trinajstić information content (AvgIpc) is 2.23. The van der Waals surface area contributed by atoms with Crippen LogP contribution in [0.5, 0.6) is 5.75 Å². The molecule has 16 heavy (non-hydrogen) atoms. The summed E-state index contributed by atoms with van der Waals surface area (Å²) in [5.41, 5.74) is 0.112. The molecule has 0 radical (unpaired) electrons. The molecule has 0 aromatic heterocycles. The molecule has 2 nitrogen and oxygen atoms in total. The highest BCUT2D eigenvalue weighted by atomic mass is 19.1. The number of ether oxygens (including phenoxy) is 1. The van der Waals surface area contributed by atoms with Crippen LogP contribution in [0.15, 0.2) is 12.1 Å². The molecular formula is C12H17F2NO. The zero-order chi connectivity index (χ0) is 12.1. The van der Waals surface area contributed by atoms with E-state index in [1.165, 1.54) is 19.2 Å². The summed E-state index contributed by atoms with van der Waals surface area (Å²) in [5.74, 6) is -0.987. The number of hydrogen-bond donors (Lipinski definition) is 0. The number of halogens is 2. The third-order valence-corrected chi connectivity index (χ3v) is 2.40. The first-order chi connectivity index (χ1) is 7.56. The van der Waals surface area contributed by atoms with Crippen LogP contribution in [-0.4, -0.2) is 32.6 Å². The first kappa shape index (κ1) is 12.9. The molecule has 1 aromatic carbocycles. The number of benzene rings is 1. The molecular weight excluding hydrogens is 212 g/mol. The molecule has 0 aliphatic rings. The van der Waals surface area contributed by atoms with E-state index in [2.05, 4.69) is 0 Å². The molecule has 1 aromatic rings. The summed E-state index contributed by atoms with van der Waals surface area (Å²) in [6.07, 6.45) is 1.10. The normalized spacial score (nSPS) is 10.9. The topological polar surface area (TPSA) is 12.5 Å². The molecule has 0 amide bonds. The highest BCUT2D eigenvalue weighted by Crippen LogP contribution is 2.23. The molecule has 0 saturated heterocycles. The third kappa shape index (κ3) is 3.17. The van der Waals surface area contributed by atoms with Gasteiger partial charge in [-0.3, -0.25) is 0 Å². The minimum Gasteiger partial charge on any atom is -0.494 e. The van der Waals surface area contributed by atoms with Gasteiger partial charge >= 0.3 is 0 Å². The van der Waals surface area contributed by atoms with Gasteiger partial charge in [0.25, 0.3) is 0 Å². The van der Waals surface area contributed by atoms with Crippen LogP contribution >= 0.6 is 0 Å². The molecule has 0 N–H and O–H groups in total. The van der Waals surface area contributed by atoms with Gasteiger partial charge in [-0.05, 0) is 45.6 Å². The summed E-state index contributed by atoms with van der Waals surface area (Å²) in [6, 6.07) is 2.55. The quantitative estimate of drug-likeness (QED) is 0.769. The number of methoxy groups -OCH3 is 1.